The van der Waals surface area contributed by atoms with E-state index in [4.69, 9.17) is 18.9 Å². The van der Waals surface area contributed by atoms with Crippen molar-refractivity contribution in [3.05, 3.63) is 0 Å². The van der Waals surface area contributed by atoms with Gasteiger partial charge in [0.1, 0.15) is 5.78 Å². The zero-order valence-electron chi connectivity index (χ0n) is 27.3. The summed E-state index contributed by atoms with van der Waals surface area (Å²) in [6.45, 7) is 25.0. The van der Waals surface area contributed by atoms with E-state index in [0.29, 0.717) is 41.3 Å². The molecule has 2 heterocycles. The minimum Gasteiger partial charge on any atom is -0.345 e. The van der Waals surface area contributed by atoms with Crippen molar-refractivity contribution < 1.29 is 23.7 Å². The lowest BCUT2D eigenvalue weighted by Crippen LogP contribution is -2.59. The second-order valence-electron chi connectivity index (χ2n) is 17.6. The van der Waals surface area contributed by atoms with Crippen molar-refractivity contribution >= 4 is 5.78 Å². The summed E-state index contributed by atoms with van der Waals surface area (Å²) in [5, 5.41) is 0. The predicted molar refractivity (Wildman–Crippen MR) is 156 cm³/mol. The van der Waals surface area contributed by atoms with Gasteiger partial charge in [-0.2, -0.15) is 0 Å². The van der Waals surface area contributed by atoms with Crippen LogP contribution in [0.2, 0.25) is 0 Å². The van der Waals surface area contributed by atoms with Crippen LogP contribution in [0.3, 0.4) is 0 Å². The molecule has 6 rings (SSSR count). The fraction of sp³-hybridized carbons (Fsp3) is 0.971. The zero-order valence-corrected chi connectivity index (χ0v) is 27.3. The van der Waals surface area contributed by atoms with Crippen LogP contribution >= 0.6 is 0 Å². The molecule has 0 aromatic rings. The van der Waals surface area contributed by atoms with E-state index in [1.54, 1.807) is 0 Å². The number of hydrogen-bond donors (Lipinski definition) is 0. The van der Waals surface area contributed by atoms with Gasteiger partial charge in [0.2, 0.25) is 0 Å². The summed E-state index contributed by atoms with van der Waals surface area (Å²) in [4.78, 5) is 13.9. The summed E-state index contributed by atoms with van der Waals surface area (Å²) in [5.74, 6) is 2.69. The Morgan fingerprint density at radius 2 is 1.38 bits per heavy atom. The Kier molecular flexibility index (Phi) is 6.84. The quantitative estimate of drug-likeness (QED) is 0.354. The first-order chi connectivity index (χ1) is 18.4. The normalized spacial score (nSPS) is 51.0. The van der Waals surface area contributed by atoms with Gasteiger partial charge in [0, 0.05) is 12.3 Å². The molecule has 40 heavy (non-hydrogen) atoms. The molecule has 6 aliphatic rings. The van der Waals surface area contributed by atoms with Gasteiger partial charge in [0.05, 0.1) is 24.4 Å². The molecule has 6 fully saturated rings. The van der Waals surface area contributed by atoms with Crippen LogP contribution in [0.25, 0.3) is 0 Å². The highest BCUT2D eigenvalue weighted by Crippen LogP contribution is 2.69. The summed E-state index contributed by atoms with van der Waals surface area (Å²) < 4.78 is 26.0. The maximum absolute atomic E-state index is 13.9. The molecule has 0 amide bonds. The average molecular weight is 559 g/mol. The van der Waals surface area contributed by atoms with Crippen LogP contribution in [-0.2, 0) is 23.7 Å². The van der Waals surface area contributed by atoms with E-state index in [-0.39, 0.29) is 46.6 Å². The van der Waals surface area contributed by atoms with Gasteiger partial charge < -0.3 is 18.9 Å². The summed E-state index contributed by atoms with van der Waals surface area (Å²) in [6, 6.07) is 0. The van der Waals surface area contributed by atoms with Crippen LogP contribution < -0.4 is 0 Å². The summed E-state index contributed by atoms with van der Waals surface area (Å²) >= 11 is 0. The molecule has 228 valence electrons. The third-order valence-electron chi connectivity index (χ3n) is 13.5. The molecular formula is C35H58O5. The summed E-state index contributed by atoms with van der Waals surface area (Å²) in [7, 11) is 0. The highest BCUT2D eigenvalue weighted by atomic mass is 16.8. The second kappa shape index (κ2) is 9.26. The number of hydrogen-bond acceptors (Lipinski definition) is 5. The van der Waals surface area contributed by atoms with E-state index in [1.165, 1.54) is 25.7 Å². The first-order valence-corrected chi connectivity index (χ1v) is 16.6. The molecule has 0 spiro atoms. The molecule has 0 aromatic heterocycles. The van der Waals surface area contributed by atoms with Crippen molar-refractivity contribution in [2.24, 2.45) is 57.7 Å². The van der Waals surface area contributed by atoms with Gasteiger partial charge in [-0.25, -0.2) is 0 Å². The molecule has 13 atom stereocenters. The Morgan fingerprint density at radius 1 is 0.775 bits per heavy atom. The Balaban J connectivity index is 1.24. The lowest BCUT2D eigenvalue weighted by Gasteiger charge is -2.61. The third-order valence-corrected chi connectivity index (χ3v) is 13.5. The van der Waals surface area contributed by atoms with Crippen molar-refractivity contribution in [1.82, 2.24) is 0 Å². The molecule has 4 saturated carbocycles. The second-order valence-corrected chi connectivity index (χ2v) is 17.6. The first-order valence-electron chi connectivity index (χ1n) is 16.6. The largest absolute Gasteiger partial charge is 0.345 e. The molecule has 5 nitrogen and oxygen atoms in total. The summed E-state index contributed by atoms with van der Waals surface area (Å²) in [5.41, 5.74) is 0.431. The standard InChI is InChI=1S/C35H58O5/c1-19(29-30(20(2)31(3,4)5)40-33(8,9)39-29)22-12-13-23-21-16-26(36)25-17-27-28(38-32(6,7)37-27)18-35(25,11)24(21)14-15-34(22,23)10/h19-25,27-30H,12-18H2,1-11H3/t19-,20?,21-,22+,23-,24-,25+,27-,28+,29+,30+,34+,35+/m0/s1. The van der Waals surface area contributed by atoms with Crippen LogP contribution in [0, 0.1) is 57.7 Å². The Bertz CT molecular complexity index is 1010. The van der Waals surface area contributed by atoms with Crippen molar-refractivity contribution in [3.8, 4) is 0 Å². The van der Waals surface area contributed by atoms with Gasteiger partial charge in [0.15, 0.2) is 11.6 Å². The zero-order chi connectivity index (χ0) is 29.2. The maximum atomic E-state index is 13.9. The fourth-order valence-corrected chi connectivity index (χ4v) is 11.3. The van der Waals surface area contributed by atoms with E-state index >= 15 is 0 Å². The Hall–Kier alpha value is -0.490. The minimum absolute atomic E-state index is 0.0235. The Labute approximate surface area is 244 Å². The first kappa shape index (κ1) is 29.6. The molecule has 2 aliphatic heterocycles. The van der Waals surface area contributed by atoms with E-state index < -0.39 is 11.6 Å². The van der Waals surface area contributed by atoms with Crippen molar-refractivity contribution in [2.75, 3.05) is 0 Å². The highest BCUT2D eigenvalue weighted by Gasteiger charge is 2.66. The van der Waals surface area contributed by atoms with Gasteiger partial charge in [-0.15, -0.1) is 0 Å². The lowest BCUT2D eigenvalue weighted by atomic mass is 9.44. The number of Topliss-reactive ketones (excluding diaryl/α,β-unsaturated/α-hetero) is 1. The molecule has 0 aromatic carbocycles. The molecule has 2 saturated heterocycles. The number of ketones is 1. The molecule has 4 aliphatic carbocycles. The van der Waals surface area contributed by atoms with E-state index in [2.05, 4.69) is 62.3 Å². The predicted octanol–water partition coefficient (Wildman–Crippen LogP) is 7.79. The number of fused-ring (bicyclic) bond motifs is 6. The molecule has 1 unspecified atom stereocenters. The summed E-state index contributed by atoms with van der Waals surface area (Å²) in [6.07, 6.45) is 7.97. The molecule has 5 heteroatoms. The monoisotopic (exact) mass is 558 g/mol. The van der Waals surface area contributed by atoms with Crippen LogP contribution in [0.1, 0.15) is 121 Å². The number of rotatable bonds is 3. The lowest BCUT2D eigenvalue weighted by molar-refractivity contribution is -0.168. The minimum atomic E-state index is -0.543. The third kappa shape index (κ3) is 4.49. The van der Waals surface area contributed by atoms with Gasteiger partial charge in [0.25, 0.3) is 0 Å². The van der Waals surface area contributed by atoms with Crippen LogP contribution in [0.15, 0.2) is 0 Å². The molecule has 0 radical (unpaired) electrons. The van der Waals surface area contributed by atoms with Crippen LogP contribution in [0.5, 0.6) is 0 Å². The fourth-order valence-electron chi connectivity index (χ4n) is 11.3. The van der Waals surface area contributed by atoms with Crippen molar-refractivity contribution in [1.29, 1.82) is 0 Å². The maximum Gasteiger partial charge on any atom is 0.163 e. The SMILES string of the molecule is CC([C@H]1OC(C)(C)O[C@@H]1[C@@H](C)[C@H]1CC[C@H]2[C@@H]3CC(=O)[C@H]4C[C@@H]5OC(C)(C)O[C@@H]5C[C@]4(C)[C@H]3CC[C@]12C)C(C)(C)C. The van der Waals surface area contributed by atoms with E-state index in [9.17, 15) is 4.79 Å². The number of ether oxygens (including phenoxy) is 4. The van der Waals surface area contributed by atoms with Gasteiger partial charge in [-0.05, 0) is 118 Å². The van der Waals surface area contributed by atoms with Crippen LogP contribution in [0.4, 0.5) is 0 Å². The topological polar surface area (TPSA) is 54.0 Å². The van der Waals surface area contributed by atoms with Gasteiger partial charge >= 0.3 is 0 Å². The van der Waals surface area contributed by atoms with E-state index in [0.717, 1.165) is 19.3 Å². The number of carbonyl (C=O) groups excluding carboxylic acids is 1. The van der Waals surface area contributed by atoms with Gasteiger partial charge in [-0.3, -0.25) is 4.79 Å². The molecule has 0 N–H and O–H groups in total. The van der Waals surface area contributed by atoms with Gasteiger partial charge in [-0.1, -0.05) is 48.5 Å². The highest BCUT2D eigenvalue weighted by molar-refractivity contribution is 5.83. The molecular weight excluding hydrogens is 500 g/mol. The number of carbonyl (C=O) groups is 1. The smallest absolute Gasteiger partial charge is 0.163 e. The van der Waals surface area contributed by atoms with E-state index in [1.807, 2.05) is 13.8 Å². The molecule has 0 bridgehead atoms. The van der Waals surface area contributed by atoms with Crippen molar-refractivity contribution in [2.45, 2.75) is 157 Å². The van der Waals surface area contributed by atoms with Crippen molar-refractivity contribution in [3.63, 3.8) is 0 Å². The Morgan fingerprint density at radius 3 is 2.05 bits per heavy atom. The van der Waals surface area contributed by atoms with Crippen LogP contribution in [-0.4, -0.2) is 41.8 Å². The average Bonchev–Trinajstić information content (AvgIpc) is 3.44.